The largest absolute Gasteiger partial charge is 0.469 e. The van der Waals surface area contributed by atoms with Gasteiger partial charge >= 0.3 is 24.0 Å². The van der Waals surface area contributed by atoms with Crippen molar-refractivity contribution in [1.82, 2.24) is 10.9 Å². The summed E-state index contributed by atoms with van der Waals surface area (Å²) in [5.74, 6) is -7.19. The van der Waals surface area contributed by atoms with E-state index < -0.39 is 40.8 Å². The van der Waals surface area contributed by atoms with Gasteiger partial charge in [-0.3, -0.25) is 40.1 Å². The summed E-state index contributed by atoms with van der Waals surface area (Å²) in [5.41, 5.74) is 13.9. The van der Waals surface area contributed by atoms with Crippen molar-refractivity contribution in [3.05, 3.63) is 180 Å². The van der Waals surface area contributed by atoms with Crippen LogP contribution < -0.4 is 10.9 Å². The number of nitrogens with one attached hydrogen (secondary N) is 2. The van der Waals surface area contributed by atoms with Gasteiger partial charge in [-0.05, 0) is 105 Å². The number of ketones is 4. The highest BCUT2D eigenvalue weighted by molar-refractivity contribution is 9.10. The molecule has 0 fully saturated rings. The summed E-state index contributed by atoms with van der Waals surface area (Å²) in [5, 5.41) is 20.1. The van der Waals surface area contributed by atoms with Crippen molar-refractivity contribution in [3.63, 3.8) is 0 Å². The van der Waals surface area contributed by atoms with Crippen LogP contribution in [0.1, 0.15) is 140 Å². The third-order valence-electron chi connectivity index (χ3n) is 12.4. The zero-order valence-corrected chi connectivity index (χ0v) is 47.5. The number of carbonyl (C=O) groups excluding carboxylic acids is 8. The molecule has 6 atom stereocenters. The molecule has 8 rings (SSSR count). The molecule has 4 aromatic rings. The fourth-order valence-corrected chi connectivity index (χ4v) is 8.47. The van der Waals surface area contributed by atoms with Gasteiger partial charge in [-0.25, -0.2) is 0 Å². The quantitative estimate of drug-likeness (QED) is 0.104. The monoisotopic (exact) mass is 1190 g/mol. The number of carbonyl (C=O) groups is 4. The number of hydrogen-bond donors (Lipinski definition) is 2. The van der Waals surface area contributed by atoms with Crippen LogP contribution in [-0.4, -0.2) is 63.5 Å². The van der Waals surface area contributed by atoms with E-state index in [1.54, 1.807) is 30.3 Å². The molecule has 4 aliphatic rings. The van der Waals surface area contributed by atoms with Crippen molar-refractivity contribution < 1.29 is 66.0 Å². The zero-order chi connectivity index (χ0) is 59.7. The fraction of sp³-hybridized carbons (Fsp3) is 0.345. The van der Waals surface area contributed by atoms with Crippen molar-refractivity contribution in [3.8, 4) is 0 Å². The molecule has 3 aromatic carbocycles. The van der Waals surface area contributed by atoms with Crippen molar-refractivity contribution in [2.24, 2.45) is 10.2 Å². The van der Waals surface area contributed by atoms with Crippen LogP contribution in [0.4, 0.5) is 14.5 Å². The number of nitro benzene ring substituents is 1. The van der Waals surface area contributed by atoms with Gasteiger partial charge in [-0.15, -0.1) is 0 Å². The molecule has 0 bridgehead atoms. The number of rotatable bonds is 11. The van der Waals surface area contributed by atoms with Gasteiger partial charge in [0.2, 0.25) is 11.6 Å². The second-order valence-corrected chi connectivity index (χ2v) is 19.7. The summed E-state index contributed by atoms with van der Waals surface area (Å²) in [6.07, 6.45) is 12.8. The number of halogens is 4. The van der Waals surface area contributed by atoms with E-state index in [0.717, 1.165) is 77.3 Å². The molecule has 0 aliphatic carbocycles. The van der Waals surface area contributed by atoms with Gasteiger partial charge in [0.25, 0.3) is 5.69 Å². The number of non-ortho nitro benzene ring substituents is 1. The summed E-state index contributed by atoms with van der Waals surface area (Å²) < 4.78 is 44.8. The van der Waals surface area contributed by atoms with E-state index >= 15 is 0 Å². The summed E-state index contributed by atoms with van der Waals surface area (Å²) in [7, 11) is 0. The Labute approximate surface area is 474 Å². The van der Waals surface area contributed by atoms with Crippen molar-refractivity contribution in [2.45, 2.75) is 129 Å². The summed E-state index contributed by atoms with van der Waals surface area (Å²) in [6, 6.07) is 25.5. The van der Waals surface area contributed by atoms with Crippen LogP contribution in [0.15, 0.2) is 158 Å². The van der Waals surface area contributed by atoms with E-state index in [-0.39, 0.29) is 59.1 Å². The van der Waals surface area contributed by atoms with Gasteiger partial charge in [0.1, 0.15) is 5.76 Å². The van der Waals surface area contributed by atoms with Crippen LogP contribution in [-0.2, 0) is 47.8 Å². The standard InChI is InChI=1S/C15H14BrFO3.C14H17ClN2.C14H17N3O2.C13H13FO4.2CO2/c1-9(18)14-7-12(8-15(17,20-14)10(2)19)11-3-5-13(16)6-4-11;1-3-14-9-12(8-10(2)16-17-14)11-4-6-13(15)7-5-11;1-3-13-9-12(8-10(2)15-16-13)11-4-6-14(7-5-11)17(18)19;1-8(15)12-6-10(11-4-3-5-17-11)7-13(14,18-12)9(2)16;2*2-1-3/h3-7,12H,8H2,1-2H3;4-7,9,12,17H,3,8H2,1-2H3;4-7,9,12,16H,3,8H2,1-2H3;3-6,10H,7H2,1-2H3;;. The molecule has 424 valence electrons. The number of nitrogens with zero attached hydrogens (tertiary/aromatic N) is 3. The Morgan fingerprint density at radius 1 is 0.662 bits per heavy atom. The van der Waals surface area contributed by atoms with Crippen molar-refractivity contribution in [2.75, 3.05) is 0 Å². The maximum atomic E-state index is 14.5. The summed E-state index contributed by atoms with van der Waals surface area (Å²) in [6.45, 7) is 13.0. The Bertz CT molecular complexity index is 3050. The second-order valence-electron chi connectivity index (χ2n) is 18.3. The van der Waals surface area contributed by atoms with Crippen LogP contribution in [0.3, 0.4) is 0 Å². The molecule has 0 saturated carbocycles. The lowest BCUT2D eigenvalue weighted by molar-refractivity contribution is -0.384. The van der Waals surface area contributed by atoms with Gasteiger partial charge < -0.3 is 13.9 Å². The van der Waals surface area contributed by atoms with Crippen LogP contribution >= 0.6 is 27.5 Å². The minimum absolute atomic E-state index is 0.0955. The molecule has 4 aliphatic heterocycles. The average molecular weight is 1190 g/mol. The second kappa shape index (κ2) is 32.1. The molecule has 6 unspecified atom stereocenters. The SMILES string of the molecule is CC(=O)C1=CC(c2ccc(Br)cc2)CC(F)(C(C)=O)O1.CC(=O)C1=CC(c2ccco2)CC(F)(C(C)=O)O1.CCC1=CC(c2ccc(Cl)cc2)CC(C)=NN1.CCC1=CC(c2ccc([N+](=O)[O-])cc2)CC(C)=NN1.O=C=O.O=C=O. The Balaban J connectivity index is 0.000000271. The smallest absolute Gasteiger partial charge is 0.373 e. The first-order valence-corrected chi connectivity index (χ1v) is 26.0. The maximum Gasteiger partial charge on any atom is 0.373 e. The Kier molecular flexibility index (Phi) is 26.6. The van der Waals surface area contributed by atoms with Gasteiger partial charge in [0.05, 0.1) is 11.2 Å². The number of ether oxygens (including phenoxy) is 2. The highest BCUT2D eigenvalue weighted by Gasteiger charge is 2.46. The normalized spacial score (nSPS) is 21.5. The molecule has 2 N–H and O–H groups in total. The molecular weight excluding hydrogens is 1130 g/mol. The lowest BCUT2D eigenvalue weighted by Crippen LogP contribution is -2.40. The van der Waals surface area contributed by atoms with Crippen LogP contribution in [0, 0.1) is 10.1 Å². The van der Waals surface area contributed by atoms with Crippen LogP contribution in [0.2, 0.25) is 5.02 Å². The molecule has 22 heteroatoms. The lowest BCUT2D eigenvalue weighted by Gasteiger charge is -2.32. The van der Waals surface area contributed by atoms with E-state index in [1.165, 1.54) is 37.4 Å². The summed E-state index contributed by atoms with van der Waals surface area (Å²) in [4.78, 5) is 88.4. The zero-order valence-electron chi connectivity index (χ0n) is 45.2. The first-order chi connectivity index (χ1) is 37.8. The average Bonchev–Trinajstić information content (AvgIpc) is 3.83. The van der Waals surface area contributed by atoms with E-state index in [1.807, 2.05) is 55.5 Å². The first kappa shape index (κ1) is 66.2. The van der Waals surface area contributed by atoms with Gasteiger partial charge in [-0.1, -0.05) is 89.9 Å². The number of benzene rings is 3. The van der Waals surface area contributed by atoms with E-state index in [0.29, 0.717) is 11.7 Å². The van der Waals surface area contributed by atoms with Crippen molar-refractivity contribution >= 4 is 80.1 Å². The Morgan fingerprint density at radius 2 is 1.05 bits per heavy atom. The predicted octanol–water partition coefficient (Wildman–Crippen LogP) is 12.5. The fourth-order valence-electron chi connectivity index (χ4n) is 8.08. The van der Waals surface area contributed by atoms with Gasteiger partial charge in [0, 0.05) is 109 Å². The van der Waals surface area contributed by atoms with Crippen molar-refractivity contribution in [1.29, 1.82) is 0 Å². The molecule has 1 aromatic heterocycles. The number of allylic oxidation sites excluding steroid dienone is 8. The number of furan rings is 1. The summed E-state index contributed by atoms with van der Waals surface area (Å²) >= 11 is 9.24. The Morgan fingerprint density at radius 3 is 1.43 bits per heavy atom. The molecule has 0 saturated heterocycles. The maximum absolute atomic E-state index is 14.5. The Hall–Kier alpha value is -8.09. The predicted molar refractivity (Wildman–Crippen MR) is 295 cm³/mol. The molecule has 80 heavy (non-hydrogen) atoms. The molecule has 0 amide bonds. The van der Waals surface area contributed by atoms with E-state index in [4.69, 9.17) is 44.7 Å². The first-order valence-electron chi connectivity index (χ1n) is 24.9. The van der Waals surface area contributed by atoms with Crippen LogP contribution in [0.25, 0.3) is 0 Å². The van der Waals surface area contributed by atoms with Gasteiger partial charge in [0.15, 0.2) is 23.1 Å². The highest BCUT2D eigenvalue weighted by Crippen LogP contribution is 2.40. The number of alkyl halides is 2. The molecule has 18 nitrogen and oxygen atoms in total. The van der Waals surface area contributed by atoms with Gasteiger partial charge in [-0.2, -0.15) is 38.2 Å². The third-order valence-corrected chi connectivity index (χ3v) is 13.2. The molecule has 0 spiro atoms. The number of nitro groups is 1. The minimum Gasteiger partial charge on any atom is -0.469 e. The minimum atomic E-state index is -2.47. The van der Waals surface area contributed by atoms with Crippen LogP contribution in [0.5, 0.6) is 0 Å². The topological polar surface area (TPSA) is 260 Å². The number of hydrazone groups is 2. The number of hydrogen-bond acceptors (Lipinski definition) is 17. The van der Waals surface area contributed by atoms with E-state index in [9.17, 15) is 38.1 Å². The third kappa shape index (κ3) is 20.6. The molecule has 5 heterocycles. The molecule has 0 radical (unpaired) electrons. The van der Waals surface area contributed by atoms with E-state index in [2.05, 4.69) is 82.0 Å². The highest BCUT2D eigenvalue weighted by atomic mass is 79.9. The number of Topliss-reactive ketones (excluding diaryl/α,β-unsaturated/α-hetero) is 4. The molecular formula is C58H61BrClF2N5O13. The lowest BCUT2D eigenvalue weighted by atomic mass is 9.88.